The van der Waals surface area contributed by atoms with Gasteiger partial charge in [0.1, 0.15) is 0 Å². The summed E-state index contributed by atoms with van der Waals surface area (Å²) >= 11 is 0. The van der Waals surface area contributed by atoms with Crippen LogP contribution in [0.1, 0.15) is 180 Å². The Morgan fingerprint density at radius 2 is 0.632 bits per heavy atom. The zero-order valence-corrected chi connectivity index (χ0v) is 25.8. The van der Waals surface area contributed by atoms with E-state index in [1.165, 1.54) is 154 Å². The Morgan fingerprint density at radius 1 is 0.368 bits per heavy atom. The third-order valence-corrected chi connectivity index (χ3v) is 7.52. The van der Waals surface area contributed by atoms with Crippen LogP contribution in [0.2, 0.25) is 0 Å². The Bertz CT molecular complexity index is 400. The molecular formula is C33H69NO4. The van der Waals surface area contributed by atoms with E-state index in [9.17, 15) is 0 Å². The molecule has 5 heteroatoms. The monoisotopic (exact) mass is 544 g/mol. The van der Waals surface area contributed by atoms with Crippen molar-refractivity contribution in [3.63, 3.8) is 0 Å². The number of hydroxylamine groups is 2. The Labute approximate surface area is 238 Å². The zero-order chi connectivity index (χ0) is 27.6. The van der Waals surface area contributed by atoms with E-state index in [2.05, 4.69) is 6.92 Å². The first-order chi connectivity index (χ1) is 18.8. The van der Waals surface area contributed by atoms with Crippen molar-refractivity contribution in [1.82, 2.24) is 5.23 Å². The molecule has 230 valence electrons. The second-order valence-electron chi connectivity index (χ2n) is 11.4. The molecule has 0 aromatic heterocycles. The van der Waals surface area contributed by atoms with E-state index in [1.54, 1.807) is 5.23 Å². The SMILES string of the molecule is CCCCCCCCCCCCCCCCCCCCCCCCCCCN(OCCCO)OCCCO. The number of hydrogen-bond donors (Lipinski definition) is 2. The quantitative estimate of drug-likeness (QED) is 0.0625. The van der Waals surface area contributed by atoms with Crippen molar-refractivity contribution in [2.24, 2.45) is 0 Å². The zero-order valence-electron chi connectivity index (χ0n) is 25.8. The molecule has 0 bridgehead atoms. The van der Waals surface area contributed by atoms with Gasteiger partial charge in [0.05, 0.1) is 19.8 Å². The van der Waals surface area contributed by atoms with E-state index in [-0.39, 0.29) is 13.2 Å². The molecule has 0 aliphatic heterocycles. The Kier molecular flexibility index (Phi) is 34.6. The van der Waals surface area contributed by atoms with Gasteiger partial charge in [0.15, 0.2) is 0 Å². The lowest BCUT2D eigenvalue weighted by Crippen LogP contribution is -2.27. The summed E-state index contributed by atoms with van der Waals surface area (Å²) in [4.78, 5) is 11.1. The minimum absolute atomic E-state index is 0.129. The Hall–Kier alpha value is -0.200. The summed E-state index contributed by atoms with van der Waals surface area (Å²) in [6.07, 6.45) is 36.3. The standard InChI is InChI=1S/C33H69NO4/c1-2-3-4-5-6-7-8-9-10-11-12-13-14-15-16-17-18-19-20-21-22-23-24-25-26-29-34(37-32-27-30-35)38-33-28-31-36/h35-36H,2-33H2,1H3. The van der Waals surface area contributed by atoms with Crippen LogP contribution in [0.4, 0.5) is 0 Å². The summed E-state index contributed by atoms with van der Waals surface area (Å²) in [5, 5.41) is 19.3. The van der Waals surface area contributed by atoms with Gasteiger partial charge in [-0.05, 0) is 19.3 Å². The van der Waals surface area contributed by atoms with E-state index >= 15 is 0 Å². The van der Waals surface area contributed by atoms with Crippen LogP contribution in [-0.2, 0) is 9.68 Å². The van der Waals surface area contributed by atoms with Crippen LogP contribution >= 0.6 is 0 Å². The lowest BCUT2D eigenvalue weighted by atomic mass is 10.0. The second-order valence-corrected chi connectivity index (χ2v) is 11.4. The summed E-state index contributed by atoms with van der Waals surface area (Å²) in [5.41, 5.74) is 0. The highest BCUT2D eigenvalue weighted by Crippen LogP contribution is 2.16. The van der Waals surface area contributed by atoms with E-state index < -0.39 is 0 Å². The van der Waals surface area contributed by atoms with Crippen LogP contribution < -0.4 is 0 Å². The molecule has 0 rings (SSSR count). The van der Waals surface area contributed by atoms with Gasteiger partial charge in [0, 0.05) is 13.2 Å². The van der Waals surface area contributed by atoms with Crippen molar-refractivity contribution in [3.8, 4) is 0 Å². The highest BCUT2D eigenvalue weighted by Gasteiger charge is 2.06. The molecule has 0 aromatic carbocycles. The number of nitrogens with zero attached hydrogens (tertiary/aromatic N) is 1. The molecule has 0 fully saturated rings. The normalized spacial score (nSPS) is 11.7. The summed E-state index contributed by atoms with van der Waals surface area (Å²) in [7, 11) is 0. The summed E-state index contributed by atoms with van der Waals surface area (Å²) in [6.45, 7) is 4.24. The Morgan fingerprint density at radius 3 is 0.895 bits per heavy atom. The summed E-state index contributed by atoms with van der Waals surface area (Å²) in [6, 6.07) is 0. The molecule has 0 aliphatic carbocycles. The van der Waals surface area contributed by atoms with Crippen molar-refractivity contribution < 1.29 is 19.9 Å². The molecule has 0 saturated heterocycles. The molecule has 0 atom stereocenters. The van der Waals surface area contributed by atoms with Crippen LogP contribution in [0.3, 0.4) is 0 Å². The molecule has 0 spiro atoms. The smallest absolute Gasteiger partial charge is 0.0733 e. The number of unbranched alkanes of at least 4 members (excludes halogenated alkanes) is 24. The maximum absolute atomic E-state index is 8.90. The van der Waals surface area contributed by atoms with Crippen LogP contribution in [0.15, 0.2) is 0 Å². The fourth-order valence-electron chi connectivity index (χ4n) is 5.01. The topological polar surface area (TPSA) is 62.2 Å². The number of aliphatic hydroxyl groups is 2. The first-order valence-corrected chi connectivity index (χ1v) is 17.1. The number of aliphatic hydroxyl groups excluding tert-OH is 2. The molecule has 0 heterocycles. The van der Waals surface area contributed by atoms with Gasteiger partial charge in [-0.15, -0.1) is 0 Å². The Balaban J connectivity index is 3.24. The molecule has 0 unspecified atom stereocenters. The van der Waals surface area contributed by atoms with E-state index in [1.807, 2.05) is 0 Å². The van der Waals surface area contributed by atoms with Crippen molar-refractivity contribution in [2.45, 2.75) is 180 Å². The minimum atomic E-state index is 0.129. The van der Waals surface area contributed by atoms with Gasteiger partial charge in [-0.2, -0.15) is 0 Å². The van der Waals surface area contributed by atoms with E-state index in [0.717, 1.165) is 13.0 Å². The fraction of sp³-hybridized carbons (Fsp3) is 1.00. The largest absolute Gasteiger partial charge is 0.396 e. The third-order valence-electron chi connectivity index (χ3n) is 7.52. The molecular weight excluding hydrogens is 474 g/mol. The minimum Gasteiger partial charge on any atom is -0.396 e. The van der Waals surface area contributed by atoms with Gasteiger partial charge >= 0.3 is 0 Å². The molecule has 0 aliphatic rings. The summed E-state index contributed by atoms with van der Waals surface area (Å²) < 4.78 is 0. The molecule has 0 aromatic rings. The van der Waals surface area contributed by atoms with Crippen LogP contribution in [0.25, 0.3) is 0 Å². The van der Waals surface area contributed by atoms with Crippen molar-refractivity contribution in [1.29, 1.82) is 0 Å². The average molecular weight is 544 g/mol. The lowest BCUT2D eigenvalue weighted by Gasteiger charge is -2.20. The second kappa shape index (κ2) is 34.8. The van der Waals surface area contributed by atoms with Crippen molar-refractivity contribution in [2.75, 3.05) is 33.0 Å². The van der Waals surface area contributed by atoms with Crippen LogP contribution in [-0.4, -0.2) is 48.4 Å². The fourth-order valence-corrected chi connectivity index (χ4v) is 5.01. The molecule has 0 radical (unpaired) electrons. The number of rotatable bonds is 34. The lowest BCUT2D eigenvalue weighted by molar-refractivity contribution is -0.369. The van der Waals surface area contributed by atoms with Gasteiger partial charge in [-0.3, -0.25) is 9.68 Å². The first-order valence-electron chi connectivity index (χ1n) is 17.1. The maximum Gasteiger partial charge on any atom is 0.0733 e. The molecule has 0 saturated carbocycles. The molecule has 5 nitrogen and oxygen atoms in total. The predicted molar refractivity (Wildman–Crippen MR) is 163 cm³/mol. The predicted octanol–water partition coefficient (Wildman–Crippen LogP) is 9.69. The van der Waals surface area contributed by atoms with Gasteiger partial charge < -0.3 is 10.2 Å². The van der Waals surface area contributed by atoms with Crippen molar-refractivity contribution >= 4 is 0 Å². The number of hydrogen-bond acceptors (Lipinski definition) is 5. The highest BCUT2D eigenvalue weighted by atomic mass is 16.9. The molecule has 38 heavy (non-hydrogen) atoms. The van der Waals surface area contributed by atoms with Crippen LogP contribution in [0.5, 0.6) is 0 Å². The summed E-state index contributed by atoms with van der Waals surface area (Å²) in [5.74, 6) is 0. The first kappa shape index (κ1) is 37.8. The van der Waals surface area contributed by atoms with Crippen molar-refractivity contribution in [3.05, 3.63) is 0 Å². The third kappa shape index (κ3) is 32.0. The van der Waals surface area contributed by atoms with E-state index in [4.69, 9.17) is 19.9 Å². The maximum atomic E-state index is 8.90. The molecule has 2 N–H and O–H groups in total. The molecule has 0 amide bonds. The van der Waals surface area contributed by atoms with Gasteiger partial charge in [0.2, 0.25) is 0 Å². The van der Waals surface area contributed by atoms with Gasteiger partial charge in [0.25, 0.3) is 0 Å². The van der Waals surface area contributed by atoms with Gasteiger partial charge in [-0.1, -0.05) is 166 Å². The average Bonchev–Trinajstić information content (AvgIpc) is 2.93. The van der Waals surface area contributed by atoms with Crippen LogP contribution in [0, 0.1) is 0 Å². The highest BCUT2D eigenvalue weighted by molar-refractivity contribution is 4.52. The van der Waals surface area contributed by atoms with Gasteiger partial charge in [-0.25, -0.2) is 0 Å². The van der Waals surface area contributed by atoms with E-state index in [0.29, 0.717) is 26.1 Å².